The standard InChI is InChI=1S/C18H25N3O3/c1-5-10-19-15(22)11-21-16(23)18(4,20-17(21)24)14-8-6-13(7-9-14)12(2)3/h6-9,12H,5,10-11H2,1-4H3,(H,19,22)(H,20,24)/t18-/m1/s1. The van der Waals surface area contributed by atoms with Gasteiger partial charge in [0.05, 0.1) is 0 Å². The average Bonchev–Trinajstić information content (AvgIpc) is 2.77. The highest BCUT2D eigenvalue weighted by Gasteiger charge is 2.49. The molecule has 0 aromatic heterocycles. The fourth-order valence-corrected chi connectivity index (χ4v) is 2.70. The Balaban J connectivity index is 2.18. The quantitative estimate of drug-likeness (QED) is 0.784. The molecule has 6 heteroatoms. The van der Waals surface area contributed by atoms with Crippen LogP contribution in [0.25, 0.3) is 0 Å². The van der Waals surface area contributed by atoms with E-state index in [0.29, 0.717) is 18.0 Å². The number of hydrogen-bond donors (Lipinski definition) is 2. The van der Waals surface area contributed by atoms with Gasteiger partial charge in [-0.1, -0.05) is 45.0 Å². The molecule has 1 fully saturated rings. The first kappa shape index (κ1) is 18.0. The lowest BCUT2D eigenvalue weighted by molar-refractivity contribution is -0.134. The van der Waals surface area contributed by atoms with Gasteiger partial charge in [0.15, 0.2) is 0 Å². The maximum Gasteiger partial charge on any atom is 0.325 e. The van der Waals surface area contributed by atoms with Crippen molar-refractivity contribution >= 4 is 17.8 Å². The van der Waals surface area contributed by atoms with Crippen LogP contribution in [0.3, 0.4) is 0 Å². The third-order valence-electron chi connectivity index (χ3n) is 4.30. The van der Waals surface area contributed by atoms with Crippen molar-refractivity contribution in [2.24, 2.45) is 0 Å². The second-order valence-corrected chi connectivity index (χ2v) is 6.57. The monoisotopic (exact) mass is 331 g/mol. The molecule has 2 rings (SSSR count). The lowest BCUT2D eigenvalue weighted by Gasteiger charge is -2.22. The summed E-state index contributed by atoms with van der Waals surface area (Å²) in [6.45, 7) is 8.06. The molecule has 6 nitrogen and oxygen atoms in total. The number of nitrogens with one attached hydrogen (secondary N) is 2. The van der Waals surface area contributed by atoms with Crippen LogP contribution >= 0.6 is 0 Å². The Morgan fingerprint density at radius 3 is 2.42 bits per heavy atom. The highest BCUT2D eigenvalue weighted by molar-refractivity contribution is 6.09. The van der Waals surface area contributed by atoms with E-state index in [1.165, 1.54) is 0 Å². The van der Waals surface area contributed by atoms with E-state index in [2.05, 4.69) is 24.5 Å². The Morgan fingerprint density at radius 2 is 1.88 bits per heavy atom. The summed E-state index contributed by atoms with van der Waals surface area (Å²) >= 11 is 0. The highest BCUT2D eigenvalue weighted by Crippen LogP contribution is 2.29. The maximum absolute atomic E-state index is 12.7. The van der Waals surface area contributed by atoms with Crippen LogP contribution in [-0.2, 0) is 15.1 Å². The summed E-state index contributed by atoms with van der Waals surface area (Å²) in [6, 6.07) is 7.09. The predicted octanol–water partition coefficient (Wildman–Crippen LogP) is 2.10. The molecule has 1 aromatic carbocycles. The van der Waals surface area contributed by atoms with Crippen molar-refractivity contribution in [2.45, 2.75) is 45.6 Å². The molecular formula is C18H25N3O3. The number of rotatable bonds is 6. The van der Waals surface area contributed by atoms with Gasteiger partial charge in [-0.15, -0.1) is 0 Å². The molecule has 4 amide bonds. The summed E-state index contributed by atoms with van der Waals surface area (Å²) in [5.41, 5.74) is 0.731. The van der Waals surface area contributed by atoms with Crippen molar-refractivity contribution in [2.75, 3.05) is 13.1 Å². The van der Waals surface area contributed by atoms with Gasteiger partial charge >= 0.3 is 6.03 Å². The Kier molecular flexibility index (Phi) is 5.26. The van der Waals surface area contributed by atoms with Gasteiger partial charge in [0.1, 0.15) is 12.1 Å². The third kappa shape index (κ3) is 3.42. The van der Waals surface area contributed by atoms with E-state index < -0.39 is 17.5 Å². The van der Waals surface area contributed by atoms with E-state index in [4.69, 9.17) is 0 Å². The zero-order valence-corrected chi connectivity index (χ0v) is 14.7. The number of hydrogen-bond acceptors (Lipinski definition) is 3. The molecule has 0 spiro atoms. The van der Waals surface area contributed by atoms with Crippen molar-refractivity contribution in [1.82, 2.24) is 15.5 Å². The number of amides is 4. The number of urea groups is 1. The third-order valence-corrected chi connectivity index (χ3v) is 4.30. The molecule has 1 aliphatic rings. The minimum absolute atomic E-state index is 0.260. The van der Waals surface area contributed by atoms with Gasteiger partial charge in [0, 0.05) is 6.54 Å². The highest BCUT2D eigenvalue weighted by atomic mass is 16.2. The molecular weight excluding hydrogens is 306 g/mol. The van der Waals surface area contributed by atoms with E-state index in [0.717, 1.165) is 16.9 Å². The lowest BCUT2D eigenvalue weighted by atomic mass is 9.90. The second-order valence-electron chi connectivity index (χ2n) is 6.57. The van der Waals surface area contributed by atoms with Crippen molar-refractivity contribution < 1.29 is 14.4 Å². The van der Waals surface area contributed by atoms with Crippen LogP contribution in [0.15, 0.2) is 24.3 Å². The number of carbonyl (C=O) groups excluding carboxylic acids is 3. The van der Waals surface area contributed by atoms with Gasteiger partial charge in [0.25, 0.3) is 5.91 Å². The molecule has 1 atom stereocenters. The Hall–Kier alpha value is -2.37. The molecule has 1 saturated heterocycles. The fourth-order valence-electron chi connectivity index (χ4n) is 2.70. The largest absolute Gasteiger partial charge is 0.355 e. The summed E-state index contributed by atoms with van der Waals surface area (Å²) < 4.78 is 0. The van der Waals surface area contributed by atoms with E-state index in [1.807, 2.05) is 31.2 Å². The normalized spacial score (nSPS) is 20.5. The van der Waals surface area contributed by atoms with Gasteiger partial charge in [-0.25, -0.2) is 4.79 Å². The van der Waals surface area contributed by atoms with Crippen LogP contribution in [0.2, 0.25) is 0 Å². The predicted molar refractivity (Wildman–Crippen MR) is 91.4 cm³/mol. The van der Waals surface area contributed by atoms with Gasteiger partial charge in [-0.05, 0) is 30.4 Å². The van der Waals surface area contributed by atoms with Crippen LogP contribution < -0.4 is 10.6 Å². The van der Waals surface area contributed by atoms with Gasteiger partial charge in [0.2, 0.25) is 5.91 Å². The zero-order valence-electron chi connectivity index (χ0n) is 14.7. The topological polar surface area (TPSA) is 78.5 Å². The summed E-state index contributed by atoms with van der Waals surface area (Å²) in [4.78, 5) is 37.7. The summed E-state index contributed by atoms with van der Waals surface area (Å²) in [5.74, 6) is -0.351. The molecule has 1 aromatic rings. The first-order valence-corrected chi connectivity index (χ1v) is 8.30. The first-order chi connectivity index (χ1) is 11.3. The summed E-state index contributed by atoms with van der Waals surface area (Å²) in [7, 11) is 0. The van der Waals surface area contributed by atoms with Crippen molar-refractivity contribution in [1.29, 1.82) is 0 Å². The molecule has 0 radical (unpaired) electrons. The number of carbonyl (C=O) groups is 3. The number of imide groups is 1. The molecule has 0 saturated carbocycles. The lowest BCUT2D eigenvalue weighted by Crippen LogP contribution is -2.43. The Labute approximate surface area is 142 Å². The van der Waals surface area contributed by atoms with Gasteiger partial charge < -0.3 is 10.6 Å². The van der Waals surface area contributed by atoms with E-state index in [1.54, 1.807) is 6.92 Å². The molecule has 0 aliphatic carbocycles. The molecule has 130 valence electrons. The molecule has 0 bridgehead atoms. The summed E-state index contributed by atoms with van der Waals surface area (Å²) in [6.07, 6.45) is 0.797. The first-order valence-electron chi connectivity index (χ1n) is 8.30. The molecule has 24 heavy (non-hydrogen) atoms. The Bertz CT molecular complexity index is 639. The van der Waals surface area contributed by atoms with Crippen molar-refractivity contribution in [3.8, 4) is 0 Å². The summed E-state index contributed by atoms with van der Waals surface area (Å²) in [5, 5.41) is 5.39. The fraction of sp³-hybridized carbons (Fsp3) is 0.500. The van der Waals surface area contributed by atoms with Gasteiger partial charge in [-0.3, -0.25) is 14.5 Å². The Morgan fingerprint density at radius 1 is 1.25 bits per heavy atom. The minimum atomic E-state index is -1.14. The van der Waals surface area contributed by atoms with Crippen molar-refractivity contribution in [3.05, 3.63) is 35.4 Å². The van der Waals surface area contributed by atoms with Crippen molar-refractivity contribution in [3.63, 3.8) is 0 Å². The average molecular weight is 331 g/mol. The minimum Gasteiger partial charge on any atom is -0.355 e. The maximum atomic E-state index is 12.7. The second kappa shape index (κ2) is 7.03. The van der Waals surface area contributed by atoms with Crippen LogP contribution in [0.5, 0.6) is 0 Å². The number of nitrogens with zero attached hydrogens (tertiary/aromatic N) is 1. The zero-order chi connectivity index (χ0) is 17.9. The SMILES string of the molecule is CCCNC(=O)CN1C(=O)N[C@](C)(c2ccc(C(C)C)cc2)C1=O. The molecule has 2 N–H and O–H groups in total. The van der Waals surface area contributed by atoms with E-state index in [9.17, 15) is 14.4 Å². The molecule has 0 unspecified atom stereocenters. The van der Waals surface area contributed by atoms with Crippen LogP contribution in [0, 0.1) is 0 Å². The molecule has 1 aliphatic heterocycles. The van der Waals surface area contributed by atoms with Crippen LogP contribution in [0.1, 0.15) is 51.2 Å². The number of benzene rings is 1. The van der Waals surface area contributed by atoms with Crippen LogP contribution in [-0.4, -0.2) is 35.8 Å². The van der Waals surface area contributed by atoms with E-state index in [-0.39, 0.29) is 12.5 Å². The smallest absolute Gasteiger partial charge is 0.325 e. The van der Waals surface area contributed by atoms with E-state index >= 15 is 0 Å². The van der Waals surface area contributed by atoms with Gasteiger partial charge in [-0.2, -0.15) is 0 Å². The van der Waals surface area contributed by atoms with Crippen LogP contribution in [0.4, 0.5) is 4.79 Å². The molecule has 1 heterocycles.